The third-order valence-corrected chi connectivity index (χ3v) is 6.46. The fourth-order valence-corrected chi connectivity index (χ4v) is 4.60. The van der Waals surface area contributed by atoms with Gasteiger partial charge in [-0.2, -0.15) is 0 Å². The first-order valence-corrected chi connectivity index (χ1v) is 10.9. The molecule has 1 aromatic heterocycles. The zero-order valence-electron chi connectivity index (χ0n) is 15.1. The number of thiazole rings is 1. The summed E-state index contributed by atoms with van der Waals surface area (Å²) in [6, 6.07) is 14.4. The number of ether oxygens (including phenoxy) is 2. The van der Waals surface area contributed by atoms with Crippen molar-refractivity contribution < 1.29 is 17.9 Å². The number of rotatable bonds is 10. The third-order valence-electron chi connectivity index (χ3n) is 3.89. The quantitative estimate of drug-likeness (QED) is 0.523. The van der Waals surface area contributed by atoms with E-state index in [4.69, 9.17) is 9.47 Å². The van der Waals surface area contributed by atoms with Crippen molar-refractivity contribution in [3.05, 3.63) is 53.5 Å². The Morgan fingerprint density at radius 2 is 1.85 bits per heavy atom. The summed E-state index contributed by atoms with van der Waals surface area (Å²) in [6.07, 6.45) is 1.44. The van der Waals surface area contributed by atoms with E-state index in [2.05, 4.69) is 9.71 Å². The van der Waals surface area contributed by atoms with Crippen molar-refractivity contribution in [2.24, 2.45) is 0 Å². The monoisotopic (exact) mass is 406 g/mol. The van der Waals surface area contributed by atoms with Crippen LogP contribution in [0.5, 0.6) is 5.75 Å². The van der Waals surface area contributed by atoms with Crippen molar-refractivity contribution in [3.8, 4) is 5.75 Å². The van der Waals surface area contributed by atoms with E-state index in [1.165, 1.54) is 12.1 Å². The van der Waals surface area contributed by atoms with Gasteiger partial charge in [0.15, 0.2) is 0 Å². The summed E-state index contributed by atoms with van der Waals surface area (Å²) in [5.74, 6) is 0.613. The number of hydrogen-bond acceptors (Lipinski definition) is 6. The van der Waals surface area contributed by atoms with Crippen molar-refractivity contribution in [2.45, 2.75) is 17.7 Å². The van der Waals surface area contributed by atoms with Gasteiger partial charge in [-0.25, -0.2) is 18.1 Å². The van der Waals surface area contributed by atoms with E-state index in [0.29, 0.717) is 31.9 Å². The van der Waals surface area contributed by atoms with Crippen LogP contribution in [0, 0.1) is 0 Å². The predicted octanol–water partition coefficient (Wildman–Crippen LogP) is 3.23. The third kappa shape index (κ3) is 5.49. The van der Waals surface area contributed by atoms with Gasteiger partial charge in [0.25, 0.3) is 0 Å². The standard InChI is InChI=1S/C19H22N2O4S2/c1-24-13-14-25-15-8-10-16(11-9-15)27(22,23)20-12-4-7-19-21-17-5-2-3-6-18(17)26-19/h2-3,5-6,8-11,20H,4,7,12-14H2,1H3. The minimum absolute atomic E-state index is 0.224. The molecule has 0 spiro atoms. The SMILES string of the molecule is COCCOc1ccc(S(=O)(=O)NCCCc2nc3ccccc3s2)cc1. The topological polar surface area (TPSA) is 77.5 Å². The van der Waals surface area contributed by atoms with Gasteiger partial charge in [-0.05, 0) is 42.8 Å². The number of sulfonamides is 1. The molecule has 3 aromatic rings. The molecule has 0 fully saturated rings. The Kier molecular flexibility index (Phi) is 6.78. The van der Waals surface area contributed by atoms with E-state index in [9.17, 15) is 8.42 Å². The number of methoxy groups -OCH3 is 1. The van der Waals surface area contributed by atoms with E-state index in [-0.39, 0.29) is 4.90 Å². The minimum Gasteiger partial charge on any atom is -0.491 e. The molecule has 0 aliphatic heterocycles. The number of nitrogens with one attached hydrogen (secondary N) is 1. The lowest BCUT2D eigenvalue weighted by atomic mass is 10.3. The Bertz CT molecular complexity index is 936. The Labute approximate surface area is 163 Å². The van der Waals surface area contributed by atoms with Crippen LogP contribution >= 0.6 is 11.3 Å². The summed E-state index contributed by atoms with van der Waals surface area (Å²) in [5.41, 5.74) is 0.992. The molecule has 0 aliphatic carbocycles. The molecule has 1 N–H and O–H groups in total. The lowest BCUT2D eigenvalue weighted by Gasteiger charge is -2.08. The highest BCUT2D eigenvalue weighted by atomic mass is 32.2. The molecule has 0 amide bonds. The first-order valence-electron chi connectivity index (χ1n) is 8.64. The number of hydrogen-bond donors (Lipinski definition) is 1. The zero-order chi connectivity index (χ0) is 19.1. The lowest BCUT2D eigenvalue weighted by molar-refractivity contribution is 0.146. The van der Waals surface area contributed by atoms with Gasteiger partial charge in [-0.15, -0.1) is 11.3 Å². The van der Waals surface area contributed by atoms with Crippen LogP contribution in [0.1, 0.15) is 11.4 Å². The molecule has 27 heavy (non-hydrogen) atoms. The van der Waals surface area contributed by atoms with Crippen LogP contribution < -0.4 is 9.46 Å². The number of nitrogens with zero attached hydrogens (tertiary/aromatic N) is 1. The van der Waals surface area contributed by atoms with E-state index >= 15 is 0 Å². The largest absolute Gasteiger partial charge is 0.491 e. The molecule has 2 aromatic carbocycles. The first-order chi connectivity index (χ1) is 13.1. The molecule has 0 atom stereocenters. The molecule has 0 unspecified atom stereocenters. The Balaban J connectivity index is 1.49. The molecule has 8 heteroatoms. The van der Waals surface area contributed by atoms with Gasteiger partial charge in [0.05, 0.1) is 26.7 Å². The van der Waals surface area contributed by atoms with Gasteiger partial charge in [0.2, 0.25) is 10.0 Å². The molecular formula is C19H22N2O4S2. The molecule has 0 aliphatic rings. The van der Waals surface area contributed by atoms with Crippen molar-refractivity contribution in [1.29, 1.82) is 0 Å². The fraction of sp³-hybridized carbons (Fsp3) is 0.316. The molecule has 0 bridgehead atoms. The van der Waals surface area contributed by atoms with Crippen LogP contribution in [-0.4, -0.2) is 40.3 Å². The molecule has 0 saturated heterocycles. The second-order valence-corrected chi connectivity index (χ2v) is 8.77. The number of para-hydroxylation sites is 1. The second-order valence-electron chi connectivity index (χ2n) is 5.89. The van der Waals surface area contributed by atoms with Crippen LogP contribution in [0.4, 0.5) is 0 Å². The Morgan fingerprint density at radius 3 is 2.59 bits per heavy atom. The Morgan fingerprint density at radius 1 is 1.07 bits per heavy atom. The van der Waals surface area contributed by atoms with Crippen molar-refractivity contribution in [3.63, 3.8) is 0 Å². The average molecular weight is 407 g/mol. The van der Waals surface area contributed by atoms with Gasteiger partial charge in [-0.3, -0.25) is 0 Å². The summed E-state index contributed by atoms with van der Waals surface area (Å²) in [7, 11) is -1.93. The number of aryl methyl sites for hydroxylation is 1. The van der Waals surface area contributed by atoms with Gasteiger partial charge >= 0.3 is 0 Å². The summed E-state index contributed by atoms with van der Waals surface area (Å²) in [5, 5.41) is 1.02. The normalized spacial score (nSPS) is 11.7. The summed E-state index contributed by atoms with van der Waals surface area (Å²) in [6.45, 7) is 1.27. The highest BCUT2D eigenvalue weighted by Crippen LogP contribution is 2.22. The van der Waals surface area contributed by atoms with Gasteiger partial charge in [0, 0.05) is 20.1 Å². The number of aromatic nitrogens is 1. The van der Waals surface area contributed by atoms with Crippen LogP contribution in [-0.2, 0) is 21.2 Å². The van der Waals surface area contributed by atoms with Gasteiger partial charge < -0.3 is 9.47 Å². The molecule has 0 saturated carbocycles. The molecule has 6 nitrogen and oxygen atoms in total. The van der Waals surface area contributed by atoms with Crippen LogP contribution in [0.25, 0.3) is 10.2 Å². The maximum absolute atomic E-state index is 12.4. The molecular weight excluding hydrogens is 384 g/mol. The Hall–Kier alpha value is -2.00. The van der Waals surface area contributed by atoms with Crippen molar-refractivity contribution >= 4 is 31.6 Å². The van der Waals surface area contributed by atoms with E-state index < -0.39 is 10.0 Å². The summed E-state index contributed by atoms with van der Waals surface area (Å²) >= 11 is 1.65. The van der Waals surface area contributed by atoms with Crippen LogP contribution in [0.15, 0.2) is 53.4 Å². The average Bonchev–Trinajstić information content (AvgIpc) is 3.09. The zero-order valence-corrected chi connectivity index (χ0v) is 16.7. The number of fused-ring (bicyclic) bond motifs is 1. The van der Waals surface area contributed by atoms with Crippen LogP contribution in [0.2, 0.25) is 0 Å². The first kappa shape index (κ1) is 19.8. The summed E-state index contributed by atoms with van der Waals surface area (Å²) < 4.78 is 38.9. The maximum Gasteiger partial charge on any atom is 0.240 e. The van der Waals surface area contributed by atoms with Crippen LogP contribution in [0.3, 0.4) is 0 Å². The number of benzene rings is 2. The lowest BCUT2D eigenvalue weighted by Crippen LogP contribution is -2.25. The maximum atomic E-state index is 12.4. The van der Waals surface area contributed by atoms with E-state index in [1.807, 2.05) is 24.3 Å². The smallest absolute Gasteiger partial charge is 0.240 e. The molecule has 1 heterocycles. The molecule has 3 rings (SSSR count). The van der Waals surface area contributed by atoms with E-state index in [1.54, 1.807) is 30.6 Å². The second kappa shape index (κ2) is 9.27. The molecule has 0 radical (unpaired) electrons. The van der Waals surface area contributed by atoms with Crippen molar-refractivity contribution in [2.75, 3.05) is 26.9 Å². The van der Waals surface area contributed by atoms with Crippen molar-refractivity contribution in [1.82, 2.24) is 9.71 Å². The fourth-order valence-electron chi connectivity index (χ4n) is 2.51. The molecule has 144 valence electrons. The van der Waals surface area contributed by atoms with Gasteiger partial charge in [0.1, 0.15) is 12.4 Å². The predicted molar refractivity (Wildman–Crippen MR) is 107 cm³/mol. The van der Waals surface area contributed by atoms with Gasteiger partial charge in [-0.1, -0.05) is 12.1 Å². The minimum atomic E-state index is -3.53. The highest BCUT2D eigenvalue weighted by molar-refractivity contribution is 7.89. The highest BCUT2D eigenvalue weighted by Gasteiger charge is 2.13. The summed E-state index contributed by atoms with van der Waals surface area (Å²) in [4.78, 5) is 4.79. The van der Waals surface area contributed by atoms with E-state index in [0.717, 1.165) is 21.6 Å².